The van der Waals surface area contributed by atoms with Crippen LogP contribution in [-0.2, 0) is 4.79 Å². The minimum atomic E-state index is 0.0372. The van der Waals surface area contributed by atoms with Gasteiger partial charge in [0.2, 0.25) is 5.91 Å². The Bertz CT molecular complexity index is 369. The molecule has 1 fully saturated rings. The molecule has 14 heavy (non-hydrogen) atoms. The molecule has 2 heteroatoms. The van der Waals surface area contributed by atoms with E-state index in [0.717, 1.165) is 17.8 Å². The number of hydrogen-bond acceptors (Lipinski definition) is 1. The molecule has 0 saturated carbocycles. The zero-order valence-corrected chi connectivity index (χ0v) is 8.23. The Morgan fingerprint density at radius 3 is 2.57 bits per heavy atom. The molecule has 72 valence electrons. The topological polar surface area (TPSA) is 20.3 Å². The number of hydrogen-bond donors (Lipinski definition) is 0. The molecule has 1 aliphatic rings. The summed E-state index contributed by atoms with van der Waals surface area (Å²) in [5.41, 5.74) is 1.94. The average Bonchev–Trinajstić information content (AvgIpc) is 2.17. The van der Waals surface area contributed by atoms with Crippen molar-refractivity contribution in [1.82, 2.24) is 0 Å². The van der Waals surface area contributed by atoms with Crippen LogP contribution in [0.3, 0.4) is 0 Å². The van der Waals surface area contributed by atoms with E-state index in [0.29, 0.717) is 0 Å². The van der Waals surface area contributed by atoms with Gasteiger partial charge in [0.1, 0.15) is 0 Å². The van der Waals surface area contributed by atoms with Crippen LogP contribution in [0, 0.1) is 5.92 Å². The molecule has 1 aromatic rings. The normalized spacial score (nSPS) is 20.5. The first-order valence-electron chi connectivity index (χ1n) is 4.72. The number of carbonyl (C=O) groups is 1. The maximum atomic E-state index is 11.7. The van der Waals surface area contributed by atoms with E-state index in [1.165, 1.54) is 0 Å². The molecular weight excluding hydrogens is 174 g/mol. The Morgan fingerprint density at radius 1 is 1.43 bits per heavy atom. The fourth-order valence-electron chi connectivity index (χ4n) is 1.63. The third-order valence-electron chi connectivity index (χ3n) is 2.59. The number of amides is 1. The number of para-hydroxylation sites is 1. The number of nitrogens with zero attached hydrogens (tertiary/aromatic N) is 1. The van der Waals surface area contributed by atoms with Crippen LogP contribution in [0.15, 0.2) is 42.5 Å². The molecule has 1 aliphatic heterocycles. The Kier molecular flexibility index (Phi) is 2.12. The minimum Gasteiger partial charge on any atom is -0.311 e. The second kappa shape index (κ2) is 3.29. The smallest absolute Gasteiger partial charge is 0.236 e. The summed E-state index contributed by atoms with van der Waals surface area (Å²) in [6, 6.07) is 9.73. The Balaban J connectivity index is 2.12. The number of rotatable bonds is 2. The summed E-state index contributed by atoms with van der Waals surface area (Å²) in [6.45, 7) is 6.49. The van der Waals surface area contributed by atoms with E-state index in [9.17, 15) is 4.79 Å². The Morgan fingerprint density at radius 2 is 2.07 bits per heavy atom. The zero-order chi connectivity index (χ0) is 10.1. The maximum Gasteiger partial charge on any atom is 0.236 e. The summed E-state index contributed by atoms with van der Waals surface area (Å²) < 4.78 is 0. The van der Waals surface area contributed by atoms with E-state index in [1.54, 1.807) is 4.90 Å². The largest absolute Gasteiger partial charge is 0.311 e. The SMILES string of the molecule is C=C(C)C1CN(c2ccccc2)C1=O. The van der Waals surface area contributed by atoms with Gasteiger partial charge in [-0.15, -0.1) is 0 Å². The number of anilines is 1. The van der Waals surface area contributed by atoms with Gasteiger partial charge in [-0.3, -0.25) is 4.79 Å². The van der Waals surface area contributed by atoms with Crippen molar-refractivity contribution in [1.29, 1.82) is 0 Å². The number of β-lactam (4-membered cyclic amide) rings is 1. The van der Waals surface area contributed by atoms with Gasteiger partial charge in [-0.1, -0.05) is 30.4 Å². The van der Waals surface area contributed by atoms with Gasteiger partial charge in [-0.2, -0.15) is 0 Å². The van der Waals surface area contributed by atoms with Crippen molar-refractivity contribution in [2.75, 3.05) is 11.4 Å². The van der Waals surface area contributed by atoms with Gasteiger partial charge in [0.15, 0.2) is 0 Å². The highest BCUT2D eigenvalue weighted by atomic mass is 16.2. The highest BCUT2D eigenvalue weighted by molar-refractivity contribution is 6.03. The van der Waals surface area contributed by atoms with E-state index < -0.39 is 0 Å². The van der Waals surface area contributed by atoms with Gasteiger partial charge in [0.05, 0.1) is 5.92 Å². The molecule has 0 radical (unpaired) electrons. The van der Waals surface area contributed by atoms with Crippen LogP contribution in [0.5, 0.6) is 0 Å². The van der Waals surface area contributed by atoms with Crippen LogP contribution in [0.1, 0.15) is 6.92 Å². The highest BCUT2D eigenvalue weighted by Crippen LogP contribution is 2.29. The first-order valence-corrected chi connectivity index (χ1v) is 4.72. The quantitative estimate of drug-likeness (QED) is 0.513. The fraction of sp³-hybridized carbons (Fsp3) is 0.250. The van der Waals surface area contributed by atoms with Crippen LogP contribution in [0.25, 0.3) is 0 Å². The lowest BCUT2D eigenvalue weighted by Gasteiger charge is -2.38. The molecule has 0 bridgehead atoms. The Labute approximate surface area is 83.8 Å². The molecule has 1 aromatic carbocycles. The Hall–Kier alpha value is -1.57. The van der Waals surface area contributed by atoms with Crippen molar-refractivity contribution in [2.45, 2.75) is 6.92 Å². The first kappa shape index (κ1) is 9.00. The van der Waals surface area contributed by atoms with Crippen LogP contribution in [0.4, 0.5) is 5.69 Å². The average molecular weight is 187 g/mol. The molecule has 1 heterocycles. The molecule has 1 amide bonds. The van der Waals surface area contributed by atoms with Gasteiger partial charge >= 0.3 is 0 Å². The van der Waals surface area contributed by atoms with Gasteiger partial charge in [-0.05, 0) is 19.1 Å². The third-order valence-corrected chi connectivity index (χ3v) is 2.59. The van der Waals surface area contributed by atoms with Crippen LogP contribution < -0.4 is 4.90 Å². The lowest BCUT2D eigenvalue weighted by Crippen LogP contribution is -2.53. The third kappa shape index (κ3) is 1.33. The van der Waals surface area contributed by atoms with E-state index >= 15 is 0 Å². The lowest BCUT2D eigenvalue weighted by atomic mass is 9.91. The predicted molar refractivity (Wildman–Crippen MR) is 57.1 cm³/mol. The van der Waals surface area contributed by atoms with E-state index in [1.807, 2.05) is 37.3 Å². The predicted octanol–water partition coefficient (Wildman–Crippen LogP) is 2.23. The summed E-state index contributed by atoms with van der Waals surface area (Å²) in [4.78, 5) is 13.5. The van der Waals surface area contributed by atoms with E-state index in [2.05, 4.69) is 6.58 Å². The van der Waals surface area contributed by atoms with Gasteiger partial charge in [0, 0.05) is 12.2 Å². The molecule has 2 rings (SSSR count). The highest BCUT2D eigenvalue weighted by Gasteiger charge is 2.37. The molecule has 1 unspecified atom stereocenters. The van der Waals surface area contributed by atoms with Crippen molar-refractivity contribution in [3.05, 3.63) is 42.5 Å². The fourth-order valence-corrected chi connectivity index (χ4v) is 1.63. The van der Waals surface area contributed by atoms with Crippen molar-refractivity contribution < 1.29 is 4.79 Å². The van der Waals surface area contributed by atoms with Gasteiger partial charge < -0.3 is 4.90 Å². The number of benzene rings is 1. The van der Waals surface area contributed by atoms with Gasteiger partial charge in [0.25, 0.3) is 0 Å². The van der Waals surface area contributed by atoms with Crippen molar-refractivity contribution in [3.8, 4) is 0 Å². The van der Waals surface area contributed by atoms with Crippen molar-refractivity contribution in [3.63, 3.8) is 0 Å². The first-order chi connectivity index (χ1) is 6.70. The molecule has 1 saturated heterocycles. The summed E-state index contributed by atoms with van der Waals surface area (Å²) in [6.07, 6.45) is 0. The number of carbonyl (C=O) groups excluding carboxylic acids is 1. The second-order valence-electron chi connectivity index (χ2n) is 3.68. The molecule has 0 aliphatic carbocycles. The van der Waals surface area contributed by atoms with E-state index in [-0.39, 0.29) is 11.8 Å². The van der Waals surface area contributed by atoms with Crippen LogP contribution in [0.2, 0.25) is 0 Å². The van der Waals surface area contributed by atoms with Crippen molar-refractivity contribution >= 4 is 11.6 Å². The standard InChI is InChI=1S/C12H13NO/c1-9(2)11-8-13(12(11)14)10-6-4-3-5-7-10/h3-7,11H,1,8H2,2H3. The molecule has 2 nitrogen and oxygen atoms in total. The van der Waals surface area contributed by atoms with Crippen molar-refractivity contribution in [2.24, 2.45) is 5.92 Å². The van der Waals surface area contributed by atoms with Gasteiger partial charge in [-0.25, -0.2) is 0 Å². The molecular formula is C12H13NO. The summed E-state index contributed by atoms with van der Waals surface area (Å²) in [5, 5.41) is 0. The van der Waals surface area contributed by atoms with Crippen LogP contribution in [-0.4, -0.2) is 12.5 Å². The maximum absolute atomic E-state index is 11.7. The summed E-state index contributed by atoms with van der Waals surface area (Å²) in [5.74, 6) is 0.207. The summed E-state index contributed by atoms with van der Waals surface area (Å²) in [7, 11) is 0. The zero-order valence-electron chi connectivity index (χ0n) is 8.23. The second-order valence-corrected chi connectivity index (χ2v) is 3.68. The molecule has 0 spiro atoms. The van der Waals surface area contributed by atoms with Crippen LogP contribution >= 0.6 is 0 Å². The summed E-state index contributed by atoms with van der Waals surface area (Å²) >= 11 is 0. The lowest BCUT2D eigenvalue weighted by molar-refractivity contribution is -0.125. The molecule has 0 N–H and O–H groups in total. The van der Waals surface area contributed by atoms with E-state index in [4.69, 9.17) is 0 Å². The molecule has 1 atom stereocenters. The molecule has 0 aromatic heterocycles. The monoisotopic (exact) mass is 187 g/mol. The minimum absolute atomic E-state index is 0.0372.